The summed E-state index contributed by atoms with van der Waals surface area (Å²) < 4.78 is 1.95. The zero-order chi connectivity index (χ0) is 13.2. The van der Waals surface area contributed by atoms with Gasteiger partial charge in [-0.3, -0.25) is 0 Å². The Kier molecular flexibility index (Phi) is 3.08. The lowest BCUT2D eigenvalue weighted by molar-refractivity contribution is 0.789. The van der Waals surface area contributed by atoms with Crippen LogP contribution in [0.25, 0.3) is 11.2 Å². The van der Waals surface area contributed by atoms with E-state index in [2.05, 4.69) is 30.2 Å². The molecule has 0 bridgehead atoms. The summed E-state index contributed by atoms with van der Waals surface area (Å²) in [7, 11) is 1.95. The second kappa shape index (κ2) is 4.88. The number of anilines is 1. The fourth-order valence-corrected chi connectivity index (χ4v) is 2.53. The molecular formula is C11H13N7S. The topological polar surface area (TPSA) is 84.3 Å². The van der Waals surface area contributed by atoms with Crippen molar-refractivity contribution in [1.82, 2.24) is 29.5 Å². The molecular weight excluding hydrogens is 262 g/mol. The van der Waals surface area contributed by atoms with E-state index >= 15 is 0 Å². The molecule has 0 amide bonds. The Hall–Kier alpha value is -2.09. The highest BCUT2D eigenvalue weighted by Crippen LogP contribution is 2.29. The Labute approximate surface area is 113 Å². The summed E-state index contributed by atoms with van der Waals surface area (Å²) in [5.74, 6) is 0.582. The molecule has 0 unspecified atom stereocenters. The van der Waals surface area contributed by atoms with Crippen LogP contribution < -0.4 is 5.32 Å². The van der Waals surface area contributed by atoms with E-state index in [1.54, 1.807) is 12.5 Å². The zero-order valence-corrected chi connectivity index (χ0v) is 11.4. The van der Waals surface area contributed by atoms with E-state index in [0.717, 1.165) is 22.2 Å². The highest BCUT2D eigenvalue weighted by atomic mass is 32.2. The first-order valence-corrected chi connectivity index (χ1v) is 6.69. The van der Waals surface area contributed by atoms with E-state index in [9.17, 15) is 0 Å². The van der Waals surface area contributed by atoms with Crippen molar-refractivity contribution in [1.29, 1.82) is 0 Å². The van der Waals surface area contributed by atoms with Gasteiger partial charge in [-0.25, -0.2) is 15.0 Å². The van der Waals surface area contributed by atoms with E-state index in [4.69, 9.17) is 0 Å². The molecule has 0 saturated heterocycles. The monoisotopic (exact) mass is 275 g/mol. The molecule has 0 fully saturated rings. The highest BCUT2D eigenvalue weighted by Gasteiger charge is 2.13. The van der Waals surface area contributed by atoms with E-state index in [1.165, 1.54) is 11.8 Å². The van der Waals surface area contributed by atoms with Crippen LogP contribution >= 0.6 is 11.8 Å². The third-order valence-electron chi connectivity index (χ3n) is 2.55. The molecule has 3 heterocycles. The summed E-state index contributed by atoms with van der Waals surface area (Å²) in [4.78, 5) is 20.4. The van der Waals surface area contributed by atoms with Gasteiger partial charge in [-0.15, -0.1) is 0 Å². The van der Waals surface area contributed by atoms with Gasteiger partial charge in [-0.05, 0) is 18.7 Å². The van der Waals surface area contributed by atoms with Crippen molar-refractivity contribution in [2.75, 3.05) is 11.9 Å². The van der Waals surface area contributed by atoms with Gasteiger partial charge < -0.3 is 14.9 Å². The second-order valence-corrected chi connectivity index (χ2v) is 4.86. The molecule has 98 valence electrons. The lowest BCUT2D eigenvalue weighted by Gasteiger charge is -2.05. The van der Waals surface area contributed by atoms with Crippen LogP contribution in [0.3, 0.4) is 0 Å². The third kappa shape index (κ3) is 2.26. The van der Waals surface area contributed by atoms with Gasteiger partial charge in [-0.2, -0.15) is 4.98 Å². The molecule has 3 aromatic heterocycles. The maximum atomic E-state index is 4.49. The quantitative estimate of drug-likeness (QED) is 0.705. The number of hydrogen-bond donors (Lipinski definition) is 2. The fraction of sp³-hybridized carbons (Fsp3) is 0.273. The van der Waals surface area contributed by atoms with E-state index in [1.807, 2.05) is 24.7 Å². The van der Waals surface area contributed by atoms with E-state index in [-0.39, 0.29) is 0 Å². The van der Waals surface area contributed by atoms with Gasteiger partial charge in [-0.1, -0.05) is 0 Å². The number of aromatic nitrogens is 6. The summed E-state index contributed by atoms with van der Waals surface area (Å²) in [6, 6.07) is 0. The van der Waals surface area contributed by atoms with Gasteiger partial charge in [0.15, 0.2) is 10.8 Å². The highest BCUT2D eigenvalue weighted by molar-refractivity contribution is 7.99. The molecule has 0 aliphatic heterocycles. The number of hydrogen-bond acceptors (Lipinski definition) is 6. The van der Waals surface area contributed by atoms with Gasteiger partial charge in [0, 0.05) is 26.0 Å². The maximum absolute atomic E-state index is 4.49. The minimum absolute atomic E-state index is 0.582. The first-order chi connectivity index (χ1) is 9.28. The van der Waals surface area contributed by atoms with Gasteiger partial charge >= 0.3 is 0 Å². The standard InChI is InChI=1S/C11H13N7S/c1-3-12-10-16-8-7(14-6-15-8)9(17-10)19-11-13-4-5-18(11)2/h4-6H,3H2,1-2H3,(H2,12,14,15,16,17). The average Bonchev–Trinajstić information content (AvgIpc) is 3.00. The molecule has 0 aliphatic carbocycles. The largest absolute Gasteiger partial charge is 0.354 e. The summed E-state index contributed by atoms with van der Waals surface area (Å²) in [5, 5.41) is 4.79. The van der Waals surface area contributed by atoms with Crippen molar-refractivity contribution < 1.29 is 0 Å². The van der Waals surface area contributed by atoms with Crippen LogP contribution in [0.1, 0.15) is 6.92 Å². The molecule has 0 aromatic carbocycles. The van der Waals surface area contributed by atoms with Gasteiger partial charge in [0.1, 0.15) is 10.5 Å². The minimum atomic E-state index is 0.582. The van der Waals surface area contributed by atoms with Crippen LogP contribution in [0, 0.1) is 0 Å². The molecule has 0 spiro atoms. The van der Waals surface area contributed by atoms with Gasteiger partial charge in [0.05, 0.1) is 6.33 Å². The first kappa shape index (κ1) is 12.0. The van der Waals surface area contributed by atoms with Crippen LogP contribution in [0.15, 0.2) is 28.9 Å². The van der Waals surface area contributed by atoms with E-state index in [0.29, 0.717) is 11.6 Å². The number of imidazole rings is 2. The van der Waals surface area contributed by atoms with Gasteiger partial charge in [0.2, 0.25) is 5.95 Å². The van der Waals surface area contributed by atoms with Crippen molar-refractivity contribution in [3.63, 3.8) is 0 Å². The maximum Gasteiger partial charge on any atom is 0.225 e. The molecule has 7 nitrogen and oxygen atoms in total. The SMILES string of the molecule is CCNc1nc(Sc2nccn2C)c2[nH]cnc2n1. The molecule has 2 N–H and O–H groups in total. The molecule has 0 saturated carbocycles. The Balaban J connectivity index is 2.05. The average molecular weight is 275 g/mol. The number of nitrogens with one attached hydrogen (secondary N) is 2. The fourth-order valence-electron chi connectivity index (χ4n) is 1.65. The predicted molar refractivity (Wildman–Crippen MR) is 73.2 cm³/mol. The minimum Gasteiger partial charge on any atom is -0.354 e. The van der Waals surface area contributed by atoms with Crippen LogP contribution in [0.5, 0.6) is 0 Å². The summed E-state index contributed by atoms with van der Waals surface area (Å²) in [5.41, 5.74) is 1.48. The molecule has 0 atom stereocenters. The number of aryl methyl sites for hydroxylation is 1. The second-order valence-electron chi connectivity index (χ2n) is 3.91. The molecule has 19 heavy (non-hydrogen) atoms. The lowest BCUT2D eigenvalue weighted by atomic mass is 10.5. The molecule has 3 aromatic rings. The normalized spacial score (nSPS) is 11.1. The Bertz CT molecular complexity index is 702. The van der Waals surface area contributed by atoms with Crippen LogP contribution in [-0.2, 0) is 7.05 Å². The van der Waals surface area contributed by atoms with Crippen molar-refractivity contribution in [2.45, 2.75) is 17.1 Å². The van der Waals surface area contributed by atoms with Crippen LogP contribution in [0.2, 0.25) is 0 Å². The van der Waals surface area contributed by atoms with Crippen molar-refractivity contribution in [2.24, 2.45) is 7.05 Å². The van der Waals surface area contributed by atoms with Gasteiger partial charge in [0.25, 0.3) is 0 Å². The van der Waals surface area contributed by atoms with Crippen LogP contribution in [-0.4, -0.2) is 36.0 Å². The number of rotatable bonds is 4. The molecule has 0 aliphatic rings. The lowest BCUT2D eigenvalue weighted by Crippen LogP contribution is -2.03. The Morgan fingerprint density at radius 2 is 2.26 bits per heavy atom. The smallest absolute Gasteiger partial charge is 0.225 e. The molecule has 3 rings (SSSR count). The Morgan fingerprint density at radius 3 is 3.00 bits per heavy atom. The summed E-state index contributed by atoms with van der Waals surface area (Å²) in [6.07, 6.45) is 5.29. The van der Waals surface area contributed by atoms with Crippen molar-refractivity contribution >= 4 is 28.9 Å². The van der Waals surface area contributed by atoms with Crippen molar-refractivity contribution in [3.8, 4) is 0 Å². The predicted octanol–water partition coefficient (Wildman–Crippen LogP) is 1.67. The summed E-state index contributed by atoms with van der Waals surface area (Å²) in [6.45, 7) is 2.77. The number of nitrogens with zero attached hydrogens (tertiary/aromatic N) is 5. The summed E-state index contributed by atoms with van der Waals surface area (Å²) >= 11 is 1.48. The molecule has 8 heteroatoms. The van der Waals surface area contributed by atoms with E-state index < -0.39 is 0 Å². The first-order valence-electron chi connectivity index (χ1n) is 5.88. The number of H-pyrrole nitrogens is 1. The number of fused-ring (bicyclic) bond motifs is 1. The zero-order valence-electron chi connectivity index (χ0n) is 10.6. The van der Waals surface area contributed by atoms with Crippen molar-refractivity contribution in [3.05, 3.63) is 18.7 Å². The van der Waals surface area contributed by atoms with Crippen LogP contribution in [0.4, 0.5) is 5.95 Å². The number of aromatic amines is 1. The molecule has 0 radical (unpaired) electrons. The third-order valence-corrected chi connectivity index (χ3v) is 3.62. The Morgan fingerprint density at radius 1 is 1.37 bits per heavy atom.